The number of hydrogen-bond donors (Lipinski definition) is 0. The molecule has 18 heavy (non-hydrogen) atoms. The summed E-state index contributed by atoms with van der Waals surface area (Å²) in [5.41, 5.74) is 0. The summed E-state index contributed by atoms with van der Waals surface area (Å²) in [5.74, 6) is 2.55. The molecule has 6 heteroatoms. The Hall–Kier alpha value is -1.20. The van der Waals surface area contributed by atoms with Gasteiger partial charge in [0.2, 0.25) is 0 Å². The number of thioether (sulfide) groups is 1. The van der Waals surface area contributed by atoms with E-state index in [9.17, 15) is 0 Å². The summed E-state index contributed by atoms with van der Waals surface area (Å²) in [6, 6.07) is 7.26. The average Bonchev–Trinajstić information content (AvgIpc) is 2.71. The lowest BCUT2D eigenvalue weighted by molar-refractivity contribution is 0.290. The molecule has 2 rings (SSSR count). The Kier molecular flexibility index (Phi) is 4.49. The van der Waals surface area contributed by atoms with E-state index >= 15 is 0 Å². The molecule has 0 saturated heterocycles. The summed E-state index contributed by atoms with van der Waals surface area (Å²) in [4.78, 5) is 0. The van der Waals surface area contributed by atoms with Crippen LogP contribution in [0.5, 0.6) is 5.75 Å². The van der Waals surface area contributed by atoms with E-state index in [1.54, 1.807) is 23.9 Å². The van der Waals surface area contributed by atoms with Gasteiger partial charge in [0, 0.05) is 12.1 Å². The van der Waals surface area contributed by atoms with E-state index in [2.05, 4.69) is 17.1 Å². The van der Waals surface area contributed by atoms with Gasteiger partial charge < -0.3 is 9.30 Å². The van der Waals surface area contributed by atoms with Crippen molar-refractivity contribution in [3.8, 4) is 5.75 Å². The van der Waals surface area contributed by atoms with Gasteiger partial charge in [-0.15, -0.1) is 10.2 Å². The van der Waals surface area contributed by atoms with Crippen molar-refractivity contribution in [2.24, 2.45) is 7.05 Å². The predicted octanol–water partition coefficient (Wildman–Crippen LogP) is 3.16. The van der Waals surface area contributed by atoms with Gasteiger partial charge in [0.25, 0.3) is 0 Å². The highest BCUT2D eigenvalue weighted by atomic mass is 35.5. The van der Waals surface area contributed by atoms with Gasteiger partial charge in [-0.3, -0.25) is 0 Å². The number of rotatable bonds is 5. The number of aromatic nitrogens is 3. The molecule has 0 atom stereocenters. The van der Waals surface area contributed by atoms with Gasteiger partial charge in [-0.05, 0) is 30.0 Å². The summed E-state index contributed by atoms with van der Waals surface area (Å²) in [6.45, 7) is 2.48. The highest BCUT2D eigenvalue weighted by Gasteiger charge is 2.08. The van der Waals surface area contributed by atoms with Crippen LogP contribution >= 0.6 is 23.4 Å². The second kappa shape index (κ2) is 6.11. The third kappa shape index (κ3) is 3.17. The van der Waals surface area contributed by atoms with E-state index in [1.165, 1.54) is 0 Å². The molecular formula is C12H14ClN3OS. The van der Waals surface area contributed by atoms with Crippen LogP contribution in [0, 0.1) is 0 Å². The number of hydrogen-bond acceptors (Lipinski definition) is 4. The van der Waals surface area contributed by atoms with Crippen molar-refractivity contribution in [1.82, 2.24) is 14.8 Å². The molecule has 1 aromatic carbocycles. The lowest BCUT2D eigenvalue weighted by Gasteiger charge is -2.06. The molecule has 0 aliphatic heterocycles. The fraction of sp³-hybridized carbons (Fsp3) is 0.333. The number of halogens is 1. The Bertz CT molecular complexity index is 513. The van der Waals surface area contributed by atoms with Crippen molar-refractivity contribution in [2.75, 3.05) is 5.75 Å². The normalized spacial score (nSPS) is 10.6. The fourth-order valence-corrected chi connectivity index (χ4v) is 2.19. The van der Waals surface area contributed by atoms with Crippen LogP contribution in [-0.4, -0.2) is 20.5 Å². The van der Waals surface area contributed by atoms with Crippen LogP contribution in [-0.2, 0) is 13.7 Å². The molecule has 0 spiro atoms. The van der Waals surface area contributed by atoms with E-state index in [1.807, 2.05) is 23.7 Å². The monoisotopic (exact) mass is 283 g/mol. The quantitative estimate of drug-likeness (QED) is 0.790. The van der Waals surface area contributed by atoms with Gasteiger partial charge in [-0.1, -0.05) is 30.3 Å². The average molecular weight is 284 g/mol. The lowest BCUT2D eigenvalue weighted by atomic mass is 10.3. The Morgan fingerprint density at radius 1 is 1.28 bits per heavy atom. The molecule has 2 aromatic rings. The molecule has 0 amide bonds. The number of nitrogens with zero attached hydrogens (tertiary/aromatic N) is 3. The minimum atomic E-state index is 0.398. The second-order valence-electron chi connectivity index (χ2n) is 3.63. The Labute approximate surface area is 115 Å². The predicted molar refractivity (Wildman–Crippen MR) is 73.2 cm³/mol. The highest BCUT2D eigenvalue weighted by molar-refractivity contribution is 7.99. The van der Waals surface area contributed by atoms with E-state index in [4.69, 9.17) is 16.3 Å². The lowest BCUT2D eigenvalue weighted by Crippen LogP contribution is -2.04. The van der Waals surface area contributed by atoms with Crippen LogP contribution in [0.1, 0.15) is 12.7 Å². The van der Waals surface area contributed by atoms with E-state index in [0.29, 0.717) is 11.6 Å². The zero-order valence-corrected chi connectivity index (χ0v) is 11.8. The van der Waals surface area contributed by atoms with Crippen molar-refractivity contribution in [3.05, 3.63) is 35.1 Å². The molecule has 4 nitrogen and oxygen atoms in total. The first kappa shape index (κ1) is 13.2. The Morgan fingerprint density at radius 3 is 2.67 bits per heavy atom. The maximum Gasteiger partial charge on any atom is 0.191 e. The van der Waals surface area contributed by atoms with E-state index < -0.39 is 0 Å². The van der Waals surface area contributed by atoms with Crippen molar-refractivity contribution in [2.45, 2.75) is 18.7 Å². The Balaban J connectivity index is 1.99. The first-order valence-corrected chi connectivity index (χ1v) is 6.96. The maximum atomic E-state index is 5.81. The minimum absolute atomic E-state index is 0.398. The molecule has 0 radical (unpaired) electrons. The van der Waals surface area contributed by atoms with Crippen molar-refractivity contribution < 1.29 is 4.74 Å². The first-order chi connectivity index (χ1) is 8.70. The van der Waals surface area contributed by atoms with Crippen molar-refractivity contribution in [3.63, 3.8) is 0 Å². The molecule has 1 aromatic heterocycles. The van der Waals surface area contributed by atoms with Gasteiger partial charge in [-0.25, -0.2) is 0 Å². The van der Waals surface area contributed by atoms with Gasteiger partial charge in [0.15, 0.2) is 11.0 Å². The summed E-state index contributed by atoms with van der Waals surface area (Å²) in [7, 11) is 1.94. The Morgan fingerprint density at radius 2 is 2.00 bits per heavy atom. The van der Waals surface area contributed by atoms with Crippen LogP contribution in [0.4, 0.5) is 0 Å². The minimum Gasteiger partial charge on any atom is -0.486 e. The number of ether oxygens (including phenoxy) is 1. The molecule has 0 fully saturated rings. The van der Waals surface area contributed by atoms with Gasteiger partial charge in [0.05, 0.1) is 0 Å². The van der Waals surface area contributed by atoms with Gasteiger partial charge in [0.1, 0.15) is 12.4 Å². The maximum absolute atomic E-state index is 5.81. The molecule has 0 N–H and O–H groups in total. The SMILES string of the molecule is CCSc1nnc(COc2ccc(Cl)cc2)n1C. The molecular weight excluding hydrogens is 270 g/mol. The van der Waals surface area contributed by atoms with E-state index in [-0.39, 0.29) is 0 Å². The van der Waals surface area contributed by atoms with Crippen LogP contribution < -0.4 is 4.74 Å². The largest absolute Gasteiger partial charge is 0.486 e. The molecule has 0 aliphatic carbocycles. The highest BCUT2D eigenvalue weighted by Crippen LogP contribution is 2.18. The van der Waals surface area contributed by atoms with E-state index in [0.717, 1.165) is 22.5 Å². The standard InChI is InChI=1S/C12H14ClN3OS/c1-3-18-12-15-14-11(16(12)2)8-17-10-6-4-9(13)5-7-10/h4-7H,3,8H2,1-2H3. The first-order valence-electron chi connectivity index (χ1n) is 5.60. The molecule has 0 aliphatic rings. The molecule has 0 saturated carbocycles. The van der Waals surface area contributed by atoms with Crippen LogP contribution in [0.3, 0.4) is 0 Å². The third-order valence-electron chi connectivity index (χ3n) is 2.38. The zero-order chi connectivity index (χ0) is 13.0. The van der Waals surface area contributed by atoms with Crippen molar-refractivity contribution in [1.29, 1.82) is 0 Å². The molecule has 96 valence electrons. The molecule has 1 heterocycles. The van der Waals surface area contributed by atoms with Crippen LogP contribution in [0.25, 0.3) is 0 Å². The topological polar surface area (TPSA) is 39.9 Å². The van der Waals surface area contributed by atoms with Gasteiger partial charge >= 0.3 is 0 Å². The summed E-state index contributed by atoms with van der Waals surface area (Å²) in [6.07, 6.45) is 0. The second-order valence-corrected chi connectivity index (χ2v) is 5.30. The summed E-state index contributed by atoms with van der Waals surface area (Å²) < 4.78 is 7.58. The zero-order valence-electron chi connectivity index (χ0n) is 10.3. The van der Waals surface area contributed by atoms with Crippen LogP contribution in [0.2, 0.25) is 5.02 Å². The summed E-state index contributed by atoms with van der Waals surface area (Å²) in [5, 5.41) is 9.82. The van der Waals surface area contributed by atoms with Crippen LogP contribution in [0.15, 0.2) is 29.4 Å². The summed E-state index contributed by atoms with van der Waals surface area (Å²) >= 11 is 7.47. The fourth-order valence-electron chi connectivity index (χ4n) is 1.40. The molecule has 0 bridgehead atoms. The third-order valence-corrected chi connectivity index (χ3v) is 3.53. The molecule has 0 unspecified atom stereocenters. The van der Waals surface area contributed by atoms with Gasteiger partial charge in [-0.2, -0.15) is 0 Å². The number of benzene rings is 1. The van der Waals surface area contributed by atoms with Crippen molar-refractivity contribution >= 4 is 23.4 Å². The smallest absolute Gasteiger partial charge is 0.191 e.